The summed E-state index contributed by atoms with van der Waals surface area (Å²) >= 11 is 0. The Hall–Kier alpha value is -0.200. The van der Waals surface area contributed by atoms with Crippen LogP contribution in [0.5, 0.6) is 0 Å². The fourth-order valence-electron chi connectivity index (χ4n) is 6.73. The van der Waals surface area contributed by atoms with Crippen molar-refractivity contribution in [2.24, 2.45) is 11.8 Å². The molecule has 0 aromatic rings. The third kappa shape index (κ3) is 12.6. The van der Waals surface area contributed by atoms with Gasteiger partial charge in [0.1, 0.15) is 0 Å². The Morgan fingerprint density at radius 3 is 1.32 bits per heavy atom. The van der Waals surface area contributed by atoms with Gasteiger partial charge in [-0.2, -0.15) is 0 Å². The summed E-state index contributed by atoms with van der Waals surface area (Å²) in [7, 11) is 0. The van der Waals surface area contributed by atoms with Crippen molar-refractivity contribution in [3.05, 3.63) is 0 Å². The lowest BCUT2D eigenvalue weighted by Gasteiger charge is -2.46. The summed E-state index contributed by atoms with van der Waals surface area (Å²) in [6.45, 7) is 33.4. The van der Waals surface area contributed by atoms with Crippen molar-refractivity contribution >= 4 is 0 Å². The highest BCUT2D eigenvalue weighted by Gasteiger charge is 2.32. The van der Waals surface area contributed by atoms with Gasteiger partial charge in [-0.3, -0.25) is 19.6 Å². The summed E-state index contributed by atoms with van der Waals surface area (Å²) in [6, 6.07) is 0.942. The normalized spacial score (nSPS) is 24.1. The van der Waals surface area contributed by atoms with Crippen molar-refractivity contribution in [1.82, 2.24) is 19.6 Å². The summed E-state index contributed by atoms with van der Waals surface area (Å²) in [4.78, 5) is 10.5. The van der Waals surface area contributed by atoms with Crippen LogP contribution in [-0.4, -0.2) is 106 Å². The number of rotatable bonds is 4. The number of likely N-dealkylation sites (tertiary alicyclic amines) is 2. The number of piperidine rings is 2. The molecule has 0 spiro atoms. The van der Waals surface area contributed by atoms with E-state index in [0.29, 0.717) is 29.1 Å². The van der Waals surface area contributed by atoms with Crippen LogP contribution in [0.2, 0.25) is 0 Å². The highest BCUT2D eigenvalue weighted by Crippen LogP contribution is 2.30. The summed E-state index contributed by atoms with van der Waals surface area (Å²) in [6.07, 6.45) is 12.2. The van der Waals surface area contributed by atoms with Gasteiger partial charge in [-0.25, -0.2) is 0 Å². The molecule has 0 bridgehead atoms. The van der Waals surface area contributed by atoms with Gasteiger partial charge in [0.15, 0.2) is 0 Å². The number of aliphatic hydroxyl groups is 1. The van der Waals surface area contributed by atoms with Crippen LogP contribution in [0, 0.1) is 11.8 Å². The second-order valence-electron chi connectivity index (χ2n) is 15.8. The topological polar surface area (TPSA) is 33.2 Å². The van der Waals surface area contributed by atoms with E-state index in [1.165, 1.54) is 104 Å². The second-order valence-corrected chi connectivity index (χ2v) is 15.8. The Morgan fingerprint density at radius 2 is 1.00 bits per heavy atom. The zero-order chi connectivity index (χ0) is 29.3. The lowest BCUT2D eigenvalue weighted by atomic mass is 9.82. The van der Waals surface area contributed by atoms with Crippen LogP contribution in [-0.2, 0) is 0 Å². The standard InChI is InChI=1S/C13H27NO.C12H24N2.C9H19N.CH4/c1-5-11(10-15)12-6-8-14(9-7-12)13(2,3)4;1-12(2,3)14-9-7-13(8-10-14)11-5-4-6-11;1-9(2,3)10-7-5-4-6-8-10;/h11-12,15H,5-10H2,1-4H3;11H,4-10H2,1-3H3;4-8H2,1-3H3;1H4. The lowest BCUT2D eigenvalue weighted by molar-refractivity contribution is 0.0226. The Bertz CT molecular complexity index is 632. The number of piperazine rings is 1. The fourth-order valence-corrected chi connectivity index (χ4v) is 6.73. The van der Waals surface area contributed by atoms with E-state index in [2.05, 4.69) is 88.8 Å². The SMILES string of the molecule is C.CC(C)(C)N1CCCCC1.CC(C)(C)N1CCN(C2CCC2)CC1.CCC(CO)C1CCN(C(C)(C)C)CC1. The first-order valence-electron chi connectivity index (χ1n) is 16.8. The molecule has 0 amide bonds. The Kier molecular flexibility index (Phi) is 16.2. The molecule has 3 aliphatic heterocycles. The van der Waals surface area contributed by atoms with Gasteiger partial charge in [-0.1, -0.05) is 33.6 Å². The quantitative estimate of drug-likeness (QED) is 0.384. The van der Waals surface area contributed by atoms with Crippen molar-refractivity contribution < 1.29 is 5.11 Å². The van der Waals surface area contributed by atoms with Gasteiger partial charge < -0.3 is 5.11 Å². The van der Waals surface area contributed by atoms with Gasteiger partial charge >= 0.3 is 0 Å². The zero-order valence-corrected chi connectivity index (χ0v) is 28.2. The number of aliphatic hydroxyl groups excluding tert-OH is 1. The molecule has 4 fully saturated rings. The first kappa shape index (κ1) is 37.8. The molecule has 4 aliphatic rings. The predicted molar refractivity (Wildman–Crippen MR) is 177 cm³/mol. The molecule has 1 unspecified atom stereocenters. The molecule has 1 aliphatic carbocycles. The van der Waals surface area contributed by atoms with Crippen molar-refractivity contribution in [2.75, 3.05) is 59.0 Å². The molecule has 4 rings (SSSR count). The van der Waals surface area contributed by atoms with Crippen molar-refractivity contribution in [1.29, 1.82) is 0 Å². The molecule has 40 heavy (non-hydrogen) atoms. The monoisotopic (exact) mass is 567 g/mol. The lowest BCUT2D eigenvalue weighted by Crippen LogP contribution is -2.56. The van der Waals surface area contributed by atoms with E-state index in [9.17, 15) is 5.11 Å². The Labute approximate surface area is 252 Å². The fraction of sp³-hybridized carbons (Fsp3) is 1.00. The summed E-state index contributed by atoms with van der Waals surface area (Å²) in [5.74, 6) is 1.28. The molecule has 3 heterocycles. The van der Waals surface area contributed by atoms with Crippen LogP contribution in [0.3, 0.4) is 0 Å². The molecule has 5 nitrogen and oxygen atoms in total. The number of hydrogen-bond donors (Lipinski definition) is 1. The van der Waals surface area contributed by atoms with Crippen LogP contribution < -0.4 is 0 Å². The van der Waals surface area contributed by atoms with E-state index in [-0.39, 0.29) is 7.43 Å². The van der Waals surface area contributed by atoms with Crippen LogP contribution in [0.25, 0.3) is 0 Å². The van der Waals surface area contributed by atoms with Crippen molar-refractivity contribution in [3.63, 3.8) is 0 Å². The largest absolute Gasteiger partial charge is 0.396 e. The second kappa shape index (κ2) is 17.2. The Morgan fingerprint density at radius 1 is 0.575 bits per heavy atom. The minimum absolute atomic E-state index is 0. The predicted octanol–water partition coefficient (Wildman–Crippen LogP) is 7.38. The van der Waals surface area contributed by atoms with Gasteiger partial charge in [0.2, 0.25) is 0 Å². The van der Waals surface area contributed by atoms with Gasteiger partial charge in [0, 0.05) is 55.4 Å². The van der Waals surface area contributed by atoms with E-state index in [1.54, 1.807) is 0 Å². The highest BCUT2D eigenvalue weighted by atomic mass is 16.3. The van der Waals surface area contributed by atoms with Crippen molar-refractivity contribution in [3.8, 4) is 0 Å². The molecule has 3 saturated heterocycles. The van der Waals surface area contributed by atoms with Gasteiger partial charge in [0.25, 0.3) is 0 Å². The molecule has 1 atom stereocenters. The van der Waals surface area contributed by atoms with Gasteiger partial charge in [0.05, 0.1) is 0 Å². The maximum absolute atomic E-state index is 9.29. The summed E-state index contributed by atoms with van der Waals surface area (Å²) < 4.78 is 0. The minimum Gasteiger partial charge on any atom is -0.396 e. The van der Waals surface area contributed by atoms with E-state index in [0.717, 1.165) is 18.4 Å². The van der Waals surface area contributed by atoms with Crippen LogP contribution >= 0.6 is 0 Å². The molecule has 1 saturated carbocycles. The Balaban J connectivity index is 0.000000302. The van der Waals surface area contributed by atoms with Crippen molar-refractivity contribution in [2.45, 2.75) is 157 Å². The first-order valence-corrected chi connectivity index (χ1v) is 16.8. The third-order valence-corrected chi connectivity index (χ3v) is 10.1. The minimum atomic E-state index is 0. The van der Waals surface area contributed by atoms with Gasteiger partial charge in [-0.05, 0) is 139 Å². The van der Waals surface area contributed by atoms with E-state index >= 15 is 0 Å². The highest BCUT2D eigenvalue weighted by molar-refractivity contribution is 4.87. The average molecular weight is 567 g/mol. The van der Waals surface area contributed by atoms with E-state index in [4.69, 9.17) is 0 Å². The molecule has 0 radical (unpaired) electrons. The van der Waals surface area contributed by atoms with E-state index < -0.39 is 0 Å². The van der Waals surface area contributed by atoms with Crippen LogP contribution in [0.4, 0.5) is 0 Å². The average Bonchev–Trinajstić information content (AvgIpc) is 2.84. The number of nitrogens with zero attached hydrogens (tertiary/aromatic N) is 4. The molecular formula is C35H74N4O. The zero-order valence-electron chi connectivity index (χ0n) is 28.2. The summed E-state index contributed by atoms with van der Waals surface area (Å²) in [5.41, 5.74) is 1.08. The van der Waals surface area contributed by atoms with Crippen LogP contribution in [0.1, 0.15) is 134 Å². The first-order chi connectivity index (χ1) is 18.2. The molecule has 5 heteroatoms. The third-order valence-electron chi connectivity index (χ3n) is 10.1. The smallest absolute Gasteiger partial charge is 0.0461 e. The molecular weight excluding hydrogens is 492 g/mol. The summed E-state index contributed by atoms with van der Waals surface area (Å²) in [5, 5.41) is 9.29. The van der Waals surface area contributed by atoms with E-state index in [1.807, 2.05) is 0 Å². The molecule has 0 aromatic carbocycles. The van der Waals surface area contributed by atoms with Gasteiger partial charge in [-0.15, -0.1) is 0 Å². The maximum atomic E-state index is 9.29. The molecule has 0 aromatic heterocycles. The molecule has 1 N–H and O–H groups in total. The maximum Gasteiger partial charge on any atom is 0.0461 e. The number of hydrogen-bond acceptors (Lipinski definition) is 5. The van der Waals surface area contributed by atoms with Crippen LogP contribution in [0.15, 0.2) is 0 Å². The molecule has 240 valence electrons.